The van der Waals surface area contributed by atoms with E-state index in [-0.39, 0.29) is 12.6 Å². The molecule has 0 unspecified atom stereocenters. The molecule has 5 nitrogen and oxygen atoms in total. The van der Waals surface area contributed by atoms with Gasteiger partial charge in [-0.15, -0.1) is 0 Å². The first kappa shape index (κ1) is 15.6. The summed E-state index contributed by atoms with van der Waals surface area (Å²) in [5.74, 6) is 0.677. The number of carbonyl (C=O) groups excluding carboxylic acids is 2. The molecule has 22 heavy (non-hydrogen) atoms. The quantitative estimate of drug-likeness (QED) is 0.606. The van der Waals surface area contributed by atoms with Crippen molar-refractivity contribution in [1.29, 1.82) is 0 Å². The molecule has 0 heterocycles. The van der Waals surface area contributed by atoms with E-state index in [1.807, 2.05) is 0 Å². The molecule has 2 rings (SSSR count). The van der Waals surface area contributed by atoms with Gasteiger partial charge in [-0.1, -0.05) is 12.1 Å². The van der Waals surface area contributed by atoms with E-state index in [0.29, 0.717) is 22.6 Å². The summed E-state index contributed by atoms with van der Waals surface area (Å²) in [6.45, 7) is 0.273. The lowest BCUT2D eigenvalue weighted by atomic mass is 10.1. The zero-order chi connectivity index (χ0) is 15.9. The first-order valence-electron chi connectivity index (χ1n) is 6.61. The molecule has 0 N–H and O–H groups in total. The molecule has 0 radical (unpaired) electrons. The van der Waals surface area contributed by atoms with Crippen molar-refractivity contribution >= 4 is 12.3 Å². The van der Waals surface area contributed by atoms with Crippen molar-refractivity contribution in [2.45, 2.75) is 6.61 Å². The van der Waals surface area contributed by atoms with Crippen LogP contribution in [0.25, 0.3) is 0 Å². The molecule has 0 bridgehead atoms. The van der Waals surface area contributed by atoms with Gasteiger partial charge in [0.2, 0.25) is 0 Å². The molecule has 114 valence electrons. The number of benzene rings is 2. The lowest BCUT2D eigenvalue weighted by Gasteiger charge is -2.10. The Morgan fingerprint density at radius 3 is 2.41 bits per heavy atom. The van der Waals surface area contributed by atoms with Crippen LogP contribution in [-0.2, 0) is 11.3 Å². The molecule has 2 aromatic rings. The van der Waals surface area contributed by atoms with E-state index in [9.17, 15) is 9.59 Å². The Morgan fingerprint density at radius 1 is 1.09 bits per heavy atom. The van der Waals surface area contributed by atoms with Crippen LogP contribution in [0.2, 0.25) is 0 Å². The highest BCUT2D eigenvalue weighted by molar-refractivity contribution is 5.89. The van der Waals surface area contributed by atoms with E-state index >= 15 is 0 Å². The van der Waals surface area contributed by atoms with Crippen LogP contribution in [0.3, 0.4) is 0 Å². The maximum Gasteiger partial charge on any atom is 0.337 e. The zero-order valence-electron chi connectivity index (χ0n) is 12.4. The highest BCUT2D eigenvalue weighted by Gasteiger charge is 2.07. The van der Waals surface area contributed by atoms with E-state index in [2.05, 4.69) is 4.74 Å². The lowest BCUT2D eigenvalue weighted by molar-refractivity contribution is 0.0600. The molecule has 0 spiro atoms. The third-order valence-corrected chi connectivity index (χ3v) is 3.12. The van der Waals surface area contributed by atoms with Gasteiger partial charge in [0.05, 0.1) is 25.3 Å². The maximum absolute atomic E-state index is 11.4. The smallest absolute Gasteiger partial charge is 0.337 e. The van der Waals surface area contributed by atoms with E-state index in [1.165, 1.54) is 7.11 Å². The fraction of sp³-hybridized carbons (Fsp3) is 0.176. The third-order valence-electron chi connectivity index (χ3n) is 3.12. The average molecular weight is 300 g/mol. The number of rotatable bonds is 6. The summed E-state index contributed by atoms with van der Waals surface area (Å²) in [6, 6.07) is 11.9. The SMILES string of the molecule is COC(=O)c1ccc(COc2cc(OC)ccc2C=O)cc1. The van der Waals surface area contributed by atoms with Crippen LogP contribution in [0.5, 0.6) is 11.5 Å². The number of ether oxygens (including phenoxy) is 3. The molecular weight excluding hydrogens is 284 g/mol. The Hall–Kier alpha value is -2.82. The van der Waals surface area contributed by atoms with Crippen LogP contribution < -0.4 is 9.47 Å². The standard InChI is InChI=1S/C17H16O5/c1-20-15-8-7-14(10-18)16(9-15)22-11-12-3-5-13(6-4-12)17(19)21-2/h3-10H,11H2,1-2H3. The van der Waals surface area contributed by atoms with E-state index in [4.69, 9.17) is 9.47 Å². The molecular formula is C17H16O5. The molecule has 0 saturated heterocycles. The molecule has 0 amide bonds. The van der Waals surface area contributed by atoms with Crippen molar-refractivity contribution in [3.8, 4) is 11.5 Å². The maximum atomic E-state index is 11.4. The van der Waals surface area contributed by atoms with E-state index in [1.54, 1.807) is 49.6 Å². The van der Waals surface area contributed by atoms with Crippen LogP contribution in [0.15, 0.2) is 42.5 Å². The number of esters is 1. The average Bonchev–Trinajstić information content (AvgIpc) is 2.59. The van der Waals surface area contributed by atoms with Crippen molar-refractivity contribution in [3.05, 3.63) is 59.2 Å². The predicted molar refractivity (Wildman–Crippen MR) is 80.5 cm³/mol. The minimum atomic E-state index is -0.386. The van der Waals surface area contributed by atoms with Gasteiger partial charge in [0.1, 0.15) is 18.1 Å². The van der Waals surface area contributed by atoms with Gasteiger partial charge in [-0.3, -0.25) is 4.79 Å². The van der Waals surface area contributed by atoms with Crippen molar-refractivity contribution in [1.82, 2.24) is 0 Å². The largest absolute Gasteiger partial charge is 0.497 e. The van der Waals surface area contributed by atoms with Gasteiger partial charge in [0.15, 0.2) is 6.29 Å². The zero-order valence-corrected chi connectivity index (χ0v) is 12.4. The minimum absolute atomic E-state index is 0.273. The van der Waals surface area contributed by atoms with Crippen molar-refractivity contribution < 1.29 is 23.8 Å². The lowest BCUT2D eigenvalue weighted by Crippen LogP contribution is -2.02. The van der Waals surface area contributed by atoms with Gasteiger partial charge in [-0.25, -0.2) is 4.79 Å². The number of hydrogen-bond donors (Lipinski definition) is 0. The van der Waals surface area contributed by atoms with Crippen LogP contribution in [0, 0.1) is 0 Å². The fourth-order valence-corrected chi connectivity index (χ4v) is 1.88. The summed E-state index contributed by atoms with van der Waals surface area (Å²) in [5.41, 5.74) is 1.79. The second-order valence-electron chi connectivity index (χ2n) is 4.50. The van der Waals surface area contributed by atoms with Gasteiger partial charge in [0, 0.05) is 6.07 Å². The molecule has 0 aromatic heterocycles. The van der Waals surface area contributed by atoms with Crippen molar-refractivity contribution in [3.63, 3.8) is 0 Å². The van der Waals surface area contributed by atoms with Gasteiger partial charge in [0.25, 0.3) is 0 Å². The van der Waals surface area contributed by atoms with Gasteiger partial charge in [-0.05, 0) is 29.8 Å². The first-order chi connectivity index (χ1) is 10.7. The van der Waals surface area contributed by atoms with Gasteiger partial charge < -0.3 is 14.2 Å². The van der Waals surface area contributed by atoms with Crippen LogP contribution in [0.4, 0.5) is 0 Å². The topological polar surface area (TPSA) is 61.8 Å². The number of aldehydes is 1. The van der Waals surface area contributed by atoms with Crippen LogP contribution >= 0.6 is 0 Å². The Balaban J connectivity index is 2.09. The highest BCUT2D eigenvalue weighted by Crippen LogP contribution is 2.24. The van der Waals surface area contributed by atoms with Crippen LogP contribution in [0.1, 0.15) is 26.3 Å². The normalized spacial score (nSPS) is 9.91. The van der Waals surface area contributed by atoms with Gasteiger partial charge >= 0.3 is 5.97 Å². The minimum Gasteiger partial charge on any atom is -0.497 e. The summed E-state index contributed by atoms with van der Waals surface area (Å²) >= 11 is 0. The molecule has 2 aromatic carbocycles. The van der Waals surface area contributed by atoms with E-state index in [0.717, 1.165) is 11.8 Å². The highest BCUT2D eigenvalue weighted by atomic mass is 16.5. The van der Waals surface area contributed by atoms with Crippen molar-refractivity contribution in [2.24, 2.45) is 0 Å². The summed E-state index contributed by atoms with van der Waals surface area (Å²) in [7, 11) is 2.88. The first-order valence-corrected chi connectivity index (χ1v) is 6.61. The Kier molecular flexibility index (Phi) is 5.14. The van der Waals surface area contributed by atoms with Crippen molar-refractivity contribution in [2.75, 3.05) is 14.2 Å². The molecule has 0 fully saturated rings. The van der Waals surface area contributed by atoms with E-state index < -0.39 is 0 Å². The Labute approximate surface area is 128 Å². The molecule has 0 aliphatic heterocycles. The molecule has 0 saturated carbocycles. The summed E-state index contributed by atoms with van der Waals surface area (Å²) in [4.78, 5) is 22.4. The summed E-state index contributed by atoms with van der Waals surface area (Å²) in [6.07, 6.45) is 0.731. The monoisotopic (exact) mass is 300 g/mol. The molecule has 0 aliphatic rings. The van der Waals surface area contributed by atoms with Crippen LogP contribution in [-0.4, -0.2) is 26.5 Å². The fourth-order valence-electron chi connectivity index (χ4n) is 1.88. The second-order valence-corrected chi connectivity index (χ2v) is 4.50. The summed E-state index contributed by atoms with van der Waals surface area (Å²) in [5, 5.41) is 0. The third kappa shape index (κ3) is 3.63. The number of hydrogen-bond acceptors (Lipinski definition) is 5. The second kappa shape index (κ2) is 7.26. The Morgan fingerprint density at radius 2 is 1.82 bits per heavy atom. The number of methoxy groups -OCH3 is 2. The predicted octanol–water partition coefficient (Wildman–Crippen LogP) is 2.87. The molecule has 0 aliphatic carbocycles. The van der Waals surface area contributed by atoms with Gasteiger partial charge in [-0.2, -0.15) is 0 Å². The summed E-state index contributed by atoms with van der Waals surface area (Å²) < 4.78 is 15.4. The molecule has 0 atom stereocenters. The Bertz CT molecular complexity index is 661. The number of carbonyl (C=O) groups is 2. The molecule has 5 heteroatoms.